The van der Waals surface area contributed by atoms with E-state index in [4.69, 9.17) is 14.0 Å². The van der Waals surface area contributed by atoms with Gasteiger partial charge in [0.25, 0.3) is 5.89 Å². The van der Waals surface area contributed by atoms with Crippen LogP contribution in [0.2, 0.25) is 0 Å². The number of hydrogen-bond donors (Lipinski definition) is 0. The Bertz CT molecular complexity index is 863. The number of nitrogens with zero attached hydrogens (tertiary/aromatic N) is 3. The second-order valence-electron chi connectivity index (χ2n) is 8.13. The van der Waals surface area contributed by atoms with E-state index >= 15 is 0 Å². The lowest BCUT2D eigenvalue weighted by Crippen LogP contribution is -2.43. The van der Waals surface area contributed by atoms with E-state index in [1.165, 1.54) is 6.92 Å². The van der Waals surface area contributed by atoms with Crippen molar-refractivity contribution in [2.24, 2.45) is 0 Å². The summed E-state index contributed by atoms with van der Waals surface area (Å²) in [5.74, 6) is 0.780. The first-order chi connectivity index (χ1) is 13.7. The van der Waals surface area contributed by atoms with Crippen molar-refractivity contribution in [2.45, 2.75) is 58.8 Å². The molecule has 1 aliphatic heterocycles. The number of Topliss-reactive ketones (excluding diaryl/α,β-unsaturated/α-hetero) is 1. The molecule has 2 heterocycles. The summed E-state index contributed by atoms with van der Waals surface area (Å²) in [7, 11) is 0. The van der Waals surface area contributed by atoms with Gasteiger partial charge in [0, 0.05) is 24.2 Å². The number of carbonyl (C=O) groups excluding carboxylic acids is 2. The molecular weight excluding hydrogens is 374 g/mol. The zero-order valence-electron chi connectivity index (χ0n) is 17.3. The summed E-state index contributed by atoms with van der Waals surface area (Å²) >= 11 is 0. The monoisotopic (exact) mass is 401 g/mol. The largest absolute Gasteiger partial charge is 0.444 e. The fourth-order valence-corrected chi connectivity index (χ4v) is 3.02. The fourth-order valence-electron chi connectivity index (χ4n) is 3.02. The van der Waals surface area contributed by atoms with Gasteiger partial charge >= 0.3 is 6.09 Å². The van der Waals surface area contributed by atoms with E-state index in [2.05, 4.69) is 10.1 Å². The van der Waals surface area contributed by atoms with Gasteiger partial charge in [0.15, 0.2) is 11.6 Å². The highest BCUT2D eigenvalue weighted by atomic mass is 16.6. The van der Waals surface area contributed by atoms with E-state index < -0.39 is 5.60 Å². The molecule has 1 aliphatic rings. The van der Waals surface area contributed by atoms with Crippen LogP contribution in [0.3, 0.4) is 0 Å². The van der Waals surface area contributed by atoms with Crippen molar-refractivity contribution in [1.82, 2.24) is 15.0 Å². The maximum absolute atomic E-state index is 12.1. The number of hydrogen-bond acceptors (Lipinski definition) is 7. The molecule has 29 heavy (non-hydrogen) atoms. The lowest BCUT2D eigenvalue weighted by molar-refractivity contribution is -0.0190. The maximum atomic E-state index is 12.1. The molecule has 0 spiro atoms. The lowest BCUT2D eigenvalue weighted by Gasteiger charge is -2.33. The predicted octanol–water partition coefficient (Wildman–Crippen LogP) is 3.86. The first kappa shape index (κ1) is 21.0. The summed E-state index contributed by atoms with van der Waals surface area (Å²) in [4.78, 5) is 29.7. The SMILES string of the molecule is CC(=O)c1cccc(-c2nc(COC3CCN(C(=O)OC(C)(C)C)CC3)no2)c1. The highest BCUT2D eigenvalue weighted by molar-refractivity contribution is 5.95. The van der Waals surface area contributed by atoms with Gasteiger partial charge in [-0.1, -0.05) is 17.3 Å². The summed E-state index contributed by atoms with van der Waals surface area (Å²) < 4.78 is 16.6. The number of carbonyl (C=O) groups is 2. The average molecular weight is 401 g/mol. The van der Waals surface area contributed by atoms with E-state index in [1.54, 1.807) is 23.1 Å². The van der Waals surface area contributed by atoms with Gasteiger partial charge in [0.2, 0.25) is 0 Å². The summed E-state index contributed by atoms with van der Waals surface area (Å²) in [6.07, 6.45) is 1.19. The molecule has 1 saturated heterocycles. The average Bonchev–Trinajstić information content (AvgIpc) is 3.14. The third kappa shape index (κ3) is 5.87. The van der Waals surface area contributed by atoms with Gasteiger partial charge in [0.05, 0.1) is 6.10 Å². The number of ketones is 1. The minimum Gasteiger partial charge on any atom is -0.444 e. The standard InChI is InChI=1S/C21H27N3O5/c1-14(25)15-6-5-7-16(12-15)19-22-18(23-29-19)13-27-17-8-10-24(11-9-17)20(26)28-21(2,3)4/h5-7,12,17H,8-11,13H2,1-4H3. The molecule has 3 rings (SSSR count). The molecule has 0 saturated carbocycles. The zero-order chi connectivity index (χ0) is 21.0. The minimum atomic E-state index is -0.495. The molecule has 1 fully saturated rings. The predicted molar refractivity (Wildman–Crippen MR) is 105 cm³/mol. The van der Waals surface area contributed by atoms with E-state index in [0.29, 0.717) is 35.9 Å². The third-order valence-corrected chi connectivity index (χ3v) is 4.53. The number of ether oxygens (including phenoxy) is 2. The molecule has 1 aromatic carbocycles. The first-order valence-corrected chi connectivity index (χ1v) is 9.75. The van der Waals surface area contributed by atoms with Crippen LogP contribution < -0.4 is 0 Å². The molecule has 0 atom stereocenters. The fraction of sp³-hybridized carbons (Fsp3) is 0.524. The van der Waals surface area contributed by atoms with Gasteiger partial charge in [-0.2, -0.15) is 4.98 Å². The second kappa shape index (κ2) is 8.73. The van der Waals surface area contributed by atoms with E-state index in [9.17, 15) is 9.59 Å². The van der Waals surface area contributed by atoms with Crippen LogP contribution in [0.25, 0.3) is 11.5 Å². The molecule has 1 aromatic heterocycles. The van der Waals surface area contributed by atoms with Crippen LogP contribution in [-0.4, -0.2) is 51.7 Å². The Kier molecular flexibility index (Phi) is 6.32. The number of aromatic nitrogens is 2. The Hall–Kier alpha value is -2.74. The Balaban J connectivity index is 1.49. The van der Waals surface area contributed by atoms with Crippen LogP contribution in [0.4, 0.5) is 4.79 Å². The zero-order valence-corrected chi connectivity index (χ0v) is 17.3. The number of piperidine rings is 1. The number of amides is 1. The quantitative estimate of drug-likeness (QED) is 0.702. The van der Waals surface area contributed by atoms with Crippen LogP contribution in [0.15, 0.2) is 28.8 Å². The molecule has 0 N–H and O–H groups in total. The number of likely N-dealkylation sites (tertiary alicyclic amines) is 1. The van der Waals surface area contributed by atoms with Crippen molar-refractivity contribution < 1.29 is 23.6 Å². The number of benzene rings is 1. The van der Waals surface area contributed by atoms with Gasteiger partial charge in [-0.3, -0.25) is 4.79 Å². The Morgan fingerprint density at radius 2 is 1.97 bits per heavy atom. The molecule has 156 valence electrons. The van der Waals surface area contributed by atoms with Gasteiger partial charge in [-0.25, -0.2) is 4.79 Å². The van der Waals surface area contributed by atoms with E-state index in [0.717, 1.165) is 12.8 Å². The Morgan fingerprint density at radius 3 is 2.62 bits per heavy atom. The van der Waals surface area contributed by atoms with Crippen molar-refractivity contribution in [2.75, 3.05) is 13.1 Å². The maximum Gasteiger partial charge on any atom is 0.410 e. The van der Waals surface area contributed by atoms with Crippen LogP contribution in [0, 0.1) is 0 Å². The Morgan fingerprint density at radius 1 is 1.24 bits per heavy atom. The first-order valence-electron chi connectivity index (χ1n) is 9.75. The second-order valence-corrected chi connectivity index (χ2v) is 8.13. The summed E-state index contributed by atoms with van der Waals surface area (Å²) in [6.45, 7) is 8.50. The van der Waals surface area contributed by atoms with Crippen LogP contribution in [0.1, 0.15) is 56.7 Å². The van der Waals surface area contributed by atoms with E-state index in [1.807, 2.05) is 26.8 Å². The van der Waals surface area contributed by atoms with Crippen molar-refractivity contribution in [3.8, 4) is 11.5 Å². The molecule has 8 nitrogen and oxygen atoms in total. The molecular formula is C21H27N3O5. The van der Waals surface area contributed by atoms with Crippen LogP contribution >= 0.6 is 0 Å². The molecule has 0 bridgehead atoms. The van der Waals surface area contributed by atoms with E-state index in [-0.39, 0.29) is 24.6 Å². The molecule has 2 aromatic rings. The number of rotatable bonds is 5. The van der Waals surface area contributed by atoms with Crippen molar-refractivity contribution in [3.05, 3.63) is 35.7 Å². The Labute approximate surface area is 170 Å². The van der Waals surface area contributed by atoms with Gasteiger partial charge in [-0.15, -0.1) is 0 Å². The molecule has 8 heteroatoms. The summed E-state index contributed by atoms with van der Waals surface area (Å²) in [6, 6.07) is 7.07. The highest BCUT2D eigenvalue weighted by Crippen LogP contribution is 2.21. The molecule has 0 unspecified atom stereocenters. The van der Waals surface area contributed by atoms with Crippen molar-refractivity contribution in [3.63, 3.8) is 0 Å². The molecule has 1 amide bonds. The minimum absolute atomic E-state index is 0.0207. The van der Waals surface area contributed by atoms with Gasteiger partial charge in [-0.05, 0) is 52.7 Å². The van der Waals surface area contributed by atoms with Crippen LogP contribution in [0.5, 0.6) is 0 Å². The summed E-state index contributed by atoms with van der Waals surface area (Å²) in [5.41, 5.74) is 0.794. The lowest BCUT2D eigenvalue weighted by atomic mass is 10.1. The smallest absolute Gasteiger partial charge is 0.410 e. The normalized spacial score (nSPS) is 15.4. The van der Waals surface area contributed by atoms with Crippen molar-refractivity contribution >= 4 is 11.9 Å². The molecule has 0 aliphatic carbocycles. The van der Waals surface area contributed by atoms with Crippen molar-refractivity contribution in [1.29, 1.82) is 0 Å². The molecule has 0 radical (unpaired) electrons. The van der Waals surface area contributed by atoms with Gasteiger partial charge in [0.1, 0.15) is 12.2 Å². The summed E-state index contributed by atoms with van der Waals surface area (Å²) in [5, 5.41) is 3.95. The topological polar surface area (TPSA) is 94.8 Å². The van der Waals surface area contributed by atoms with Gasteiger partial charge < -0.3 is 18.9 Å². The third-order valence-electron chi connectivity index (χ3n) is 4.53. The highest BCUT2D eigenvalue weighted by Gasteiger charge is 2.27. The van der Waals surface area contributed by atoms with Crippen LogP contribution in [-0.2, 0) is 16.1 Å².